The lowest BCUT2D eigenvalue weighted by molar-refractivity contribution is 0.0911. The maximum atomic E-state index is 12.3. The standard InChI is InChI=1S/C14H18OS/c1-11-4-6-13(7-5-11)14(15)12-3-2-9-16-10-8-12/h4-7,12H,2-3,8-10H2,1H3. The van der Waals surface area contributed by atoms with Crippen LogP contribution in [0.3, 0.4) is 0 Å². The van der Waals surface area contributed by atoms with E-state index in [0.717, 1.165) is 24.2 Å². The molecule has 1 aliphatic heterocycles. The van der Waals surface area contributed by atoms with Crippen LogP contribution in [0.5, 0.6) is 0 Å². The summed E-state index contributed by atoms with van der Waals surface area (Å²) in [6.07, 6.45) is 3.31. The van der Waals surface area contributed by atoms with E-state index >= 15 is 0 Å². The van der Waals surface area contributed by atoms with E-state index in [4.69, 9.17) is 0 Å². The van der Waals surface area contributed by atoms with Crippen LogP contribution < -0.4 is 0 Å². The van der Waals surface area contributed by atoms with E-state index in [-0.39, 0.29) is 5.92 Å². The first-order valence-electron chi connectivity index (χ1n) is 5.96. The van der Waals surface area contributed by atoms with Crippen LogP contribution in [0.25, 0.3) is 0 Å². The van der Waals surface area contributed by atoms with Gasteiger partial charge in [0.05, 0.1) is 0 Å². The van der Waals surface area contributed by atoms with Gasteiger partial charge in [-0.2, -0.15) is 11.8 Å². The van der Waals surface area contributed by atoms with E-state index in [1.807, 2.05) is 36.0 Å². The van der Waals surface area contributed by atoms with Gasteiger partial charge < -0.3 is 0 Å². The first kappa shape index (κ1) is 11.7. The van der Waals surface area contributed by atoms with Gasteiger partial charge in [0, 0.05) is 11.5 Å². The monoisotopic (exact) mass is 234 g/mol. The normalized spacial score (nSPS) is 21.4. The van der Waals surface area contributed by atoms with Crippen LogP contribution in [-0.2, 0) is 0 Å². The number of carbonyl (C=O) groups excluding carboxylic acids is 1. The number of ketones is 1. The molecule has 1 aromatic rings. The van der Waals surface area contributed by atoms with E-state index < -0.39 is 0 Å². The average molecular weight is 234 g/mol. The highest BCUT2D eigenvalue weighted by molar-refractivity contribution is 7.99. The molecular formula is C14H18OS. The molecule has 0 radical (unpaired) electrons. The molecule has 1 saturated heterocycles. The Kier molecular flexibility index (Phi) is 4.05. The summed E-state index contributed by atoms with van der Waals surface area (Å²) >= 11 is 1.98. The van der Waals surface area contributed by atoms with Crippen LogP contribution >= 0.6 is 11.8 Å². The smallest absolute Gasteiger partial charge is 0.165 e. The van der Waals surface area contributed by atoms with E-state index in [1.165, 1.54) is 17.7 Å². The van der Waals surface area contributed by atoms with Gasteiger partial charge in [0.2, 0.25) is 0 Å². The van der Waals surface area contributed by atoms with Crippen molar-refractivity contribution in [2.24, 2.45) is 5.92 Å². The van der Waals surface area contributed by atoms with Gasteiger partial charge in [-0.1, -0.05) is 29.8 Å². The van der Waals surface area contributed by atoms with Crippen LogP contribution in [0.1, 0.15) is 35.2 Å². The molecule has 0 amide bonds. The lowest BCUT2D eigenvalue weighted by atomic mass is 9.91. The highest BCUT2D eigenvalue weighted by Gasteiger charge is 2.21. The predicted octanol–water partition coefficient (Wildman–Crippen LogP) is 3.71. The molecule has 86 valence electrons. The third-order valence-corrected chi connectivity index (χ3v) is 4.26. The highest BCUT2D eigenvalue weighted by Crippen LogP contribution is 2.25. The quantitative estimate of drug-likeness (QED) is 0.726. The Morgan fingerprint density at radius 1 is 1.19 bits per heavy atom. The lowest BCUT2D eigenvalue weighted by Gasteiger charge is -2.12. The molecule has 0 N–H and O–H groups in total. The van der Waals surface area contributed by atoms with Gasteiger partial charge >= 0.3 is 0 Å². The molecule has 0 bridgehead atoms. The minimum Gasteiger partial charge on any atom is -0.294 e. The maximum Gasteiger partial charge on any atom is 0.165 e. The predicted molar refractivity (Wildman–Crippen MR) is 70.2 cm³/mol. The molecule has 1 heterocycles. The van der Waals surface area contributed by atoms with E-state index in [1.54, 1.807) is 0 Å². The number of hydrogen-bond acceptors (Lipinski definition) is 2. The fraction of sp³-hybridized carbons (Fsp3) is 0.500. The summed E-state index contributed by atoms with van der Waals surface area (Å²) in [6, 6.07) is 7.99. The zero-order valence-corrected chi connectivity index (χ0v) is 10.6. The number of rotatable bonds is 2. The Bertz CT molecular complexity index is 348. The SMILES string of the molecule is Cc1ccc(C(=O)C2CCCSCC2)cc1. The zero-order valence-electron chi connectivity index (χ0n) is 9.74. The molecule has 1 aromatic carbocycles. The summed E-state index contributed by atoms with van der Waals surface area (Å²) in [6.45, 7) is 2.05. The average Bonchev–Trinajstić information content (AvgIpc) is 2.57. The van der Waals surface area contributed by atoms with Gasteiger partial charge in [-0.25, -0.2) is 0 Å². The second kappa shape index (κ2) is 5.53. The Morgan fingerprint density at radius 2 is 1.94 bits per heavy atom. The summed E-state index contributed by atoms with van der Waals surface area (Å²) in [5.41, 5.74) is 2.11. The number of carbonyl (C=O) groups is 1. The van der Waals surface area contributed by atoms with Gasteiger partial charge in [0.15, 0.2) is 5.78 Å². The van der Waals surface area contributed by atoms with Crippen LogP contribution in [0.4, 0.5) is 0 Å². The molecular weight excluding hydrogens is 216 g/mol. The van der Waals surface area contributed by atoms with Crippen LogP contribution in [0.15, 0.2) is 24.3 Å². The second-order valence-corrected chi connectivity index (χ2v) is 5.70. The molecule has 0 spiro atoms. The van der Waals surface area contributed by atoms with Gasteiger partial charge in [0.1, 0.15) is 0 Å². The van der Waals surface area contributed by atoms with Crippen molar-refractivity contribution in [1.82, 2.24) is 0 Å². The van der Waals surface area contributed by atoms with Crippen molar-refractivity contribution in [3.63, 3.8) is 0 Å². The van der Waals surface area contributed by atoms with Crippen molar-refractivity contribution >= 4 is 17.5 Å². The molecule has 1 nitrogen and oxygen atoms in total. The number of thioether (sulfide) groups is 1. The van der Waals surface area contributed by atoms with Crippen molar-refractivity contribution in [3.05, 3.63) is 35.4 Å². The minimum absolute atomic E-state index is 0.262. The third-order valence-electron chi connectivity index (χ3n) is 3.16. The Balaban J connectivity index is 2.08. The number of aryl methyl sites for hydroxylation is 1. The summed E-state index contributed by atoms with van der Waals surface area (Å²) in [5.74, 6) is 2.97. The molecule has 0 aromatic heterocycles. The molecule has 1 fully saturated rings. The highest BCUT2D eigenvalue weighted by atomic mass is 32.2. The van der Waals surface area contributed by atoms with Gasteiger partial charge in [-0.15, -0.1) is 0 Å². The Hall–Kier alpha value is -0.760. The first-order chi connectivity index (χ1) is 7.77. The largest absolute Gasteiger partial charge is 0.294 e. The number of hydrogen-bond donors (Lipinski definition) is 0. The van der Waals surface area contributed by atoms with Crippen LogP contribution in [-0.4, -0.2) is 17.3 Å². The van der Waals surface area contributed by atoms with Gasteiger partial charge in [-0.05, 0) is 37.7 Å². The molecule has 2 rings (SSSR count). The molecule has 1 atom stereocenters. The van der Waals surface area contributed by atoms with E-state index in [2.05, 4.69) is 6.92 Å². The van der Waals surface area contributed by atoms with Gasteiger partial charge in [-0.3, -0.25) is 4.79 Å². The van der Waals surface area contributed by atoms with Crippen molar-refractivity contribution < 1.29 is 4.79 Å². The van der Waals surface area contributed by atoms with Crippen molar-refractivity contribution in [1.29, 1.82) is 0 Å². The van der Waals surface area contributed by atoms with Crippen molar-refractivity contribution in [2.45, 2.75) is 26.2 Å². The van der Waals surface area contributed by atoms with Crippen molar-refractivity contribution in [2.75, 3.05) is 11.5 Å². The summed E-state index contributed by atoms with van der Waals surface area (Å²) in [5, 5.41) is 0. The van der Waals surface area contributed by atoms with Crippen LogP contribution in [0.2, 0.25) is 0 Å². The van der Waals surface area contributed by atoms with Crippen LogP contribution in [0, 0.1) is 12.8 Å². The Labute approximate surface area is 102 Å². The molecule has 16 heavy (non-hydrogen) atoms. The van der Waals surface area contributed by atoms with E-state index in [0.29, 0.717) is 5.78 Å². The molecule has 1 unspecified atom stereocenters. The molecule has 0 saturated carbocycles. The fourth-order valence-corrected chi connectivity index (χ4v) is 3.15. The number of benzene rings is 1. The lowest BCUT2D eigenvalue weighted by Crippen LogP contribution is -2.14. The molecule has 1 aliphatic rings. The number of Topliss-reactive ketones (excluding diaryl/α,β-unsaturated/α-hetero) is 1. The second-order valence-electron chi connectivity index (χ2n) is 4.47. The minimum atomic E-state index is 0.262. The summed E-state index contributed by atoms with van der Waals surface area (Å²) in [7, 11) is 0. The molecule has 0 aliphatic carbocycles. The maximum absolute atomic E-state index is 12.3. The Morgan fingerprint density at radius 3 is 2.69 bits per heavy atom. The molecule has 2 heteroatoms. The summed E-state index contributed by atoms with van der Waals surface area (Å²) < 4.78 is 0. The third kappa shape index (κ3) is 2.88. The zero-order chi connectivity index (χ0) is 11.4. The first-order valence-corrected chi connectivity index (χ1v) is 7.11. The van der Waals surface area contributed by atoms with Crippen molar-refractivity contribution in [3.8, 4) is 0 Å². The fourth-order valence-electron chi connectivity index (χ4n) is 2.12. The van der Waals surface area contributed by atoms with Gasteiger partial charge in [0.25, 0.3) is 0 Å². The topological polar surface area (TPSA) is 17.1 Å². The summed E-state index contributed by atoms with van der Waals surface area (Å²) in [4.78, 5) is 12.3. The van der Waals surface area contributed by atoms with E-state index in [9.17, 15) is 4.79 Å².